The molecule has 3 heterocycles. The summed E-state index contributed by atoms with van der Waals surface area (Å²) in [5.41, 5.74) is 6.19. The number of nitrogen functional groups attached to an aromatic ring is 1. The number of nitrogens with zero attached hydrogens (tertiary/aromatic N) is 4. The molecule has 0 aromatic carbocycles. The van der Waals surface area contributed by atoms with Gasteiger partial charge in [-0.15, -0.1) is 0 Å². The Hall–Kier alpha value is 0.450. The summed E-state index contributed by atoms with van der Waals surface area (Å²) in [5, 5.41) is 20.0. The molecule has 0 saturated carbocycles. The minimum absolute atomic E-state index is 0. The van der Waals surface area contributed by atoms with Crippen molar-refractivity contribution in [1.29, 1.82) is 0 Å². The summed E-state index contributed by atoms with van der Waals surface area (Å²) in [6.07, 6.45) is -2.75. The van der Waals surface area contributed by atoms with E-state index in [0.29, 0.717) is 0 Å². The summed E-state index contributed by atoms with van der Waals surface area (Å²) in [7, 11) is -9.86. The molecule has 0 bridgehead atoms. The Morgan fingerprint density at radius 3 is 2.23 bits per heavy atom. The Balaban J connectivity index is 0.00000108. The minimum Gasteiger partial charge on any atom is -0.790 e. The van der Waals surface area contributed by atoms with E-state index in [0.717, 1.165) is 0 Å². The first kappa shape index (κ1) is 30.4. The van der Waals surface area contributed by atoms with E-state index < -0.39 is 46.8 Å². The van der Waals surface area contributed by atoms with Crippen molar-refractivity contribution in [3.63, 3.8) is 0 Å². The van der Waals surface area contributed by atoms with E-state index in [9.17, 15) is 24.6 Å². The molecule has 0 radical (unpaired) electrons. The molecule has 0 spiro atoms. The number of aromatic nitrogens is 4. The van der Waals surface area contributed by atoms with Gasteiger partial charge in [0.25, 0.3) is 0 Å². The molecule has 2 aromatic heterocycles. The third kappa shape index (κ3) is 8.77. The number of fused-ring (bicyclic) bond motifs is 1. The van der Waals surface area contributed by atoms with Crippen molar-refractivity contribution >= 4 is 32.6 Å². The first-order valence-corrected chi connectivity index (χ1v) is 10.2. The zero-order valence-corrected chi connectivity index (χ0v) is 21.4. The van der Waals surface area contributed by atoms with Crippen LogP contribution in [-0.4, -0.2) is 69.3 Å². The molecule has 20 heteroatoms. The Bertz CT molecular complexity index is 915. The standard InChI is InChI=1S/C10H14N5O7P.2Na.H3O4P/c11-8-5-9(13-2-12-8)15(3-14-5)10-7(17)6(16)4(22-10)1-21-23(18,19)20;;;1-5(2,3)4/h2-4,6-7,10,16-17H,1H2,(H2,11,12,13)(H2,18,19,20);;;(H3,1,2,3,4)/q;2*+1;/p-2/t4-,6-,7-,10-;;;/m1.../s1. The number of nitrogens with two attached hydrogens (primary N) is 1. The maximum absolute atomic E-state index is 10.5. The van der Waals surface area contributed by atoms with Crippen LogP contribution in [0.15, 0.2) is 12.7 Å². The minimum atomic E-state index is -5.22. The van der Waals surface area contributed by atoms with E-state index in [-0.39, 0.29) is 76.1 Å². The summed E-state index contributed by atoms with van der Waals surface area (Å²) < 4.78 is 30.2. The van der Waals surface area contributed by atoms with Gasteiger partial charge >= 0.3 is 66.9 Å². The van der Waals surface area contributed by atoms with E-state index >= 15 is 0 Å². The van der Waals surface area contributed by atoms with Crippen molar-refractivity contribution in [2.24, 2.45) is 0 Å². The van der Waals surface area contributed by atoms with Crippen LogP contribution in [-0.2, 0) is 18.4 Å². The molecular formula is C10H15N5Na2O11P2. The van der Waals surface area contributed by atoms with Crippen LogP contribution in [0.4, 0.5) is 5.82 Å². The van der Waals surface area contributed by atoms with Gasteiger partial charge in [-0.2, -0.15) is 0 Å². The number of aliphatic hydroxyl groups excluding tert-OH is 2. The quantitative estimate of drug-likeness (QED) is 0.172. The fraction of sp³-hybridized carbons (Fsp3) is 0.500. The summed E-state index contributed by atoms with van der Waals surface area (Å²) in [6.45, 7) is -0.719. The van der Waals surface area contributed by atoms with E-state index in [1.807, 2.05) is 0 Å². The Kier molecular flexibility index (Phi) is 12.2. The fourth-order valence-electron chi connectivity index (χ4n) is 2.32. The van der Waals surface area contributed by atoms with Gasteiger partial charge in [0.15, 0.2) is 17.7 Å². The maximum atomic E-state index is 10.5. The van der Waals surface area contributed by atoms with Crippen LogP contribution >= 0.6 is 15.6 Å². The van der Waals surface area contributed by atoms with Crippen molar-refractivity contribution in [2.75, 3.05) is 12.3 Å². The molecule has 0 aliphatic carbocycles. The van der Waals surface area contributed by atoms with Gasteiger partial charge in [0.1, 0.15) is 30.2 Å². The van der Waals surface area contributed by atoms with Crippen LogP contribution in [0.5, 0.6) is 0 Å². The number of rotatable bonds is 4. The third-order valence-electron chi connectivity index (χ3n) is 3.40. The molecule has 7 N–H and O–H groups in total. The Morgan fingerprint density at radius 2 is 1.70 bits per heavy atom. The van der Waals surface area contributed by atoms with Gasteiger partial charge in [0, 0.05) is 0 Å². The van der Waals surface area contributed by atoms with Gasteiger partial charge in [0.05, 0.1) is 20.8 Å². The second-order valence-electron chi connectivity index (χ2n) is 5.39. The molecule has 1 aliphatic rings. The Labute approximate surface area is 212 Å². The molecule has 30 heavy (non-hydrogen) atoms. The molecule has 16 nitrogen and oxygen atoms in total. The summed E-state index contributed by atoms with van der Waals surface area (Å²) in [4.78, 5) is 54.3. The van der Waals surface area contributed by atoms with Crippen molar-refractivity contribution in [3.8, 4) is 0 Å². The average Bonchev–Trinajstić information content (AvgIpc) is 3.07. The second-order valence-corrected chi connectivity index (χ2v) is 7.56. The monoisotopic (exact) mass is 489 g/mol. The van der Waals surface area contributed by atoms with Gasteiger partial charge in [0.2, 0.25) is 0 Å². The van der Waals surface area contributed by atoms with Gasteiger partial charge in [-0.1, -0.05) is 0 Å². The SMILES string of the molecule is Nc1ncnc2c1ncn2[C@@H]1O[C@H](COP(=O)([O-])[O-])[C@@H](O)[C@H]1O.O=P(O)(O)O.[Na+].[Na+]. The van der Waals surface area contributed by atoms with E-state index in [4.69, 9.17) is 29.7 Å². The molecule has 0 unspecified atom stereocenters. The molecule has 0 amide bonds. The zero-order chi connectivity index (χ0) is 21.3. The summed E-state index contributed by atoms with van der Waals surface area (Å²) >= 11 is 0. The normalized spacial score (nSPS) is 23.8. The summed E-state index contributed by atoms with van der Waals surface area (Å²) in [5.74, 6) is 0.125. The van der Waals surface area contributed by atoms with Crippen LogP contribution in [0.25, 0.3) is 11.2 Å². The van der Waals surface area contributed by atoms with Gasteiger partial charge in [-0.3, -0.25) is 4.57 Å². The number of ether oxygens (including phenoxy) is 1. The van der Waals surface area contributed by atoms with Crippen LogP contribution in [0.3, 0.4) is 0 Å². The van der Waals surface area contributed by atoms with Crippen molar-refractivity contribution in [3.05, 3.63) is 12.7 Å². The van der Waals surface area contributed by atoms with E-state index in [1.54, 1.807) is 0 Å². The predicted molar refractivity (Wildman–Crippen MR) is 83.5 cm³/mol. The smallest absolute Gasteiger partial charge is 0.790 e. The Morgan fingerprint density at radius 1 is 1.13 bits per heavy atom. The largest absolute Gasteiger partial charge is 1.00 e. The number of phosphoric acid groups is 2. The number of imidazole rings is 1. The maximum Gasteiger partial charge on any atom is 1.00 e. The molecule has 1 saturated heterocycles. The van der Waals surface area contributed by atoms with Gasteiger partial charge in [-0.25, -0.2) is 19.5 Å². The van der Waals surface area contributed by atoms with Crippen molar-refractivity contribution in [2.45, 2.75) is 24.5 Å². The first-order valence-electron chi connectivity index (χ1n) is 7.17. The molecule has 4 atom stereocenters. The number of anilines is 1. The molecule has 158 valence electrons. The van der Waals surface area contributed by atoms with Crippen LogP contribution < -0.4 is 74.6 Å². The first-order chi connectivity index (χ1) is 12.8. The topological polar surface area (TPSA) is 269 Å². The van der Waals surface area contributed by atoms with Gasteiger partial charge < -0.3 is 54.2 Å². The average molecular weight is 489 g/mol. The number of phosphoric ester groups is 1. The van der Waals surface area contributed by atoms with Crippen LogP contribution in [0.1, 0.15) is 6.23 Å². The second kappa shape index (κ2) is 12.1. The molecule has 1 fully saturated rings. The molecule has 2 aromatic rings. The predicted octanol–water partition coefficient (Wildman–Crippen LogP) is -10.0. The van der Waals surface area contributed by atoms with Crippen LogP contribution in [0.2, 0.25) is 0 Å². The zero-order valence-electron chi connectivity index (χ0n) is 15.6. The molecule has 3 rings (SSSR count). The fourth-order valence-corrected chi connectivity index (χ4v) is 2.65. The van der Waals surface area contributed by atoms with E-state index in [2.05, 4.69) is 19.5 Å². The molecular weight excluding hydrogens is 474 g/mol. The van der Waals surface area contributed by atoms with E-state index in [1.165, 1.54) is 17.2 Å². The van der Waals surface area contributed by atoms with Crippen LogP contribution in [0, 0.1) is 0 Å². The summed E-state index contributed by atoms with van der Waals surface area (Å²) in [6, 6.07) is 0. The number of hydrogen-bond acceptors (Lipinski definition) is 12. The van der Waals surface area contributed by atoms with Crippen molar-refractivity contribution < 1.29 is 112 Å². The number of aliphatic hydroxyl groups is 2. The van der Waals surface area contributed by atoms with Gasteiger partial charge in [-0.05, 0) is 0 Å². The van der Waals surface area contributed by atoms with Crippen molar-refractivity contribution in [1.82, 2.24) is 19.5 Å². The third-order valence-corrected chi connectivity index (χ3v) is 3.86. The molecule has 1 aliphatic heterocycles. The number of hydrogen-bond donors (Lipinski definition) is 6.